The molecule has 0 bridgehead atoms. The third-order valence-corrected chi connectivity index (χ3v) is 2.30. The summed E-state index contributed by atoms with van der Waals surface area (Å²) in [4.78, 5) is 0. The van der Waals surface area contributed by atoms with Gasteiger partial charge in [-0.3, -0.25) is 0 Å². The average molecular weight is 124 g/mol. The van der Waals surface area contributed by atoms with Crippen LogP contribution in [-0.2, 0) is 0 Å². The van der Waals surface area contributed by atoms with Gasteiger partial charge in [0, 0.05) is 12.8 Å². The molecule has 0 radical (unpaired) electrons. The predicted octanol–water partition coefficient (Wildman–Crippen LogP) is 1.21. The normalized spacial score (nSPS) is 23.6. The van der Waals surface area contributed by atoms with Gasteiger partial charge in [0.05, 0.1) is 19.6 Å². The molecule has 1 aliphatic rings. The van der Waals surface area contributed by atoms with Gasteiger partial charge in [-0.15, -0.1) is 0 Å². The summed E-state index contributed by atoms with van der Waals surface area (Å²) >= 11 is 0. The number of hydrogen-bond acceptors (Lipinski definition) is 0. The average Bonchev–Trinajstić information content (AvgIpc) is 2.36. The highest BCUT2D eigenvalue weighted by atomic mass is 15.3. The quantitative estimate of drug-likeness (QED) is 0.364. The van der Waals surface area contributed by atoms with Gasteiger partial charge in [0.1, 0.15) is 6.04 Å². The zero-order valence-corrected chi connectivity index (χ0v) is 6.06. The molecule has 0 spiro atoms. The Labute approximate surface area is 57.3 Å². The van der Waals surface area contributed by atoms with Gasteiger partial charge in [-0.2, -0.15) is 0 Å². The second-order valence-corrected chi connectivity index (χ2v) is 2.74. The van der Waals surface area contributed by atoms with Crippen LogP contribution in [-0.4, -0.2) is 24.1 Å². The fourth-order valence-corrected chi connectivity index (χ4v) is 1.48. The van der Waals surface area contributed by atoms with Crippen molar-refractivity contribution in [3.8, 4) is 12.5 Å². The first-order chi connectivity index (χ1) is 4.33. The van der Waals surface area contributed by atoms with Crippen LogP contribution in [0.2, 0.25) is 0 Å². The fraction of sp³-hybridized carbons (Fsp3) is 0.750. The van der Waals surface area contributed by atoms with Gasteiger partial charge in [-0.1, -0.05) is 6.42 Å². The summed E-state index contributed by atoms with van der Waals surface area (Å²) in [6.07, 6.45) is 8.04. The number of rotatable bonds is 1. The molecular weight excluding hydrogens is 110 g/mol. The minimum absolute atomic E-state index is 0.917. The van der Waals surface area contributed by atoms with Crippen LogP contribution in [0.3, 0.4) is 0 Å². The number of terminal acetylenes is 1. The van der Waals surface area contributed by atoms with Crippen molar-refractivity contribution in [1.82, 2.24) is 0 Å². The Morgan fingerprint density at radius 1 is 1.44 bits per heavy atom. The minimum atomic E-state index is 0.917. The van der Waals surface area contributed by atoms with Crippen LogP contribution in [0.1, 0.15) is 19.8 Å². The Morgan fingerprint density at radius 3 is 2.22 bits per heavy atom. The second-order valence-electron chi connectivity index (χ2n) is 2.74. The van der Waals surface area contributed by atoms with Gasteiger partial charge in [-0.25, -0.2) is 4.48 Å². The van der Waals surface area contributed by atoms with E-state index in [9.17, 15) is 0 Å². The number of hydrogen-bond donors (Lipinski definition) is 0. The first kappa shape index (κ1) is 6.64. The standard InChI is InChI=1S/C8H14N/c1-3-9(4-2)7-5-6-8-9/h1H,4-8H2,2H3/q+1. The molecule has 1 saturated heterocycles. The van der Waals surface area contributed by atoms with Crippen molar-refractivity contribution < 1.29 is 4.48 Å². The van der Waals surface area contributed by atoms with Crippen molar-refractivity contribution >= 4 is 0 Å². The van der Waals surface area contributed by atoms with Crippen molar-refractivity contribution in [1.29, 1.82) is 0 Å². The molecule has 0 amide bonds. The van der Waals surface area contributed by atoms with Crippen molar-refractivity contribution in [2.75, 3.05) is 19.6 Å². The maximum atomic E-state index is 5.40. The lowest BCUT2D eigenvalue weighted by Crippen LogP contribution is -2.39. The summed E-state index contributed by atoms with van der Waals surface area (Å²) in [6, 6.07) is 2.86. The lowest BCUT2D eigenvalue weighted by molar-refractivity contribution is -0.849. The fourth-order valence-electron chi connectivity index (χ4n) is 1.48. The molecule has 1 fully saturated rings. The van der Waals surface area contributed by atoms with E-state index >= 15 is 0 Å². The van der Waals surface area contributed by atoms with E-state index in [1.807, 2.05) is 0 Å². The maximum absolute atomic E-state index is 5.40. The van der Waals surface area contributed by atoms with Gasteiger partial charge in [0.25, 0.3) is 0 Å². The Kier molecular flexibility index (Phi) is 1.78. The Morgan fingerprint density at radius 2 is 2.00 bits per heavy atom. The summed E-state index contributed by atoms with van der Waals surface area (Å²) in [5.74, 6) is 0. The molecule has 1 rings (SSSR count). The molecule has 0 N–H and O–H groups in total. The van der Waals surface area contributed by atoms with E-state index in [-0.39, 0.29) is 0 Å². The zero-order chi connectivity index (χ0) is 6.74. The Bertz CT molecular complexity index is 126. The van der Waals surface area contributed by atoms with Crippen molar-refractivity contribution in [2.24, 2.45) is 0 Å². The van der Waals surface area contributed by atoms with E-state index in [1.165, 1.54) is 25.9 Å². The van der Waals surface area contributed by atoms with Crippen LogP contribution < -0.4 is 0 Å². The summed E-state index contributed by atoms with van der Waals surface area (Å²) < 4.78 is 0.917. The highest BCUT2D eigenvalue weighted by Crippen LogP contribution is 2.16. The van der Waals surface area contributed by atoms with E-state index in [2.05, 4.69) is 13.0 Å². The SMILES string of the molecule is C#C[N+]1(CC)CCCC1. The molecule has 0 atom stereocenters. The van der Waals surface area contributed by atoms with E-state index in [0.29, 0.717) is 0 Å². The first-order valence-electron chi connectivity index (χ1n) is 3.67. The van der Waals surface area contributed by atoms with Crippen LogP contribution >= 0.6 is 0 Å². The molecule has 0 aromatic heterocycles. The Balaban J connectivity index is 2.59. The largest absolute Gasteiger partial charge is 0.247 e. The molecular formula is C8H14N+. The lowest BCUT2D eigenvalue weighted by atomic mass is 10.4. The van der Waals surface area contributed by atoms with Gasteiger partial charge in [-0.05, 0) is 6.92 Å². The zero-order valence-electron chi connectivity index (χ0n) is 6.06. The van der Waals surface area contributed by atoms with E-state index < -0.39 is 0 Å². The van der Waals surface area contributed by atoms with Gasteiger partial charge >= 0.3 is 0 Å². The third-order valence-electron chi connectivity index (χ3n) is 2.30. The summed E-state index contributed by atoms with van der Waals surface area (Å²) in [7, 11) is 0. The van der Waals surface area contributed by atoms with Crippen molar-refractivity contribution in [3.63, 3.8) is 0 Å². The summed E-state index contributed by atoms with van der Waals surface area (Å²) in [5, 5.41) is 0. The van der Waals surface area contributed by atoms with E-state index in [4.69, 9.17) is 6.42 Å². The summed E-state index contributed by atoms with van der Waals surface area (Å²) in [6.45, 7) is 5.68. The van der Waals surface area contributed by atoms with E-state index in [0.717, 1.165) is 11.0 Å². The highest BCUT2D eigenvalue weighted by Gasteiger charge is 2.27. The lowest BCUT2D eigenvalue weighted by Gasteiger charge is -2.23. The molecule has 1 heterocycles. The van der Waals surface area contributed by atoms with Gasteiger partial charge in [0.2, 0.25) is 0 Å². The molecule has 0 aromatic carbocycles. The molecule has 0 aliphatic carbocycles. The number of nitrogens with zero attached hydrogens (tertiary/aromatic N) is 1. The van der Waals surface area contributed by atoms with Gasteiger partial charge in [0.15, 0.2) is 0 Å². The molecule has 1 heteroatoms. The molecule has 50 valence electrons. The van der Waals surface area contributed by atoms with Crippen molar-refractivity contribution in [3.05, 3.63) is 0 Å². The topological polar surface area (TPSA) is 0 Å². The molecule has 0 aromatic rings. The number of likely N-dealkylation sites (tertiary alicyclic amines) is 1. The summed E-state index contributed by atoms with van der Waals surface area (Å²) in [5.41, 5.74) is 0. The first-order valence-corrected chi connectivity index (χ1v) is 3.67. The minimum Gasteiger partial charge on any atom is -0.247 e. The number of quaternary nitrogens is 1. The van der Waals surface area contributed by atoms with E-state index in [1.54, 1.807) is 0 Å². The maximum Gasteiger partial charge on any atom is 0.133 e. The molecule has 0 unspecified atom stereocenters. The van der Waals surface area contributed by atoms with Crippen LogP contribution in [0.4, 0.5) is 0 Å². The predicted molar refractivity (Wildman–Crippen MR) is 38.6 cm³/mol. The Hall–Kier alpha value is -0.480. The highest BCUT2D eigenvalue weighted by molar-refractivity contribution is 4.75. The second kappa shape index (κ2) is 2.41. The smallest absolute Gasteiger partial charge is 0.133 e. The molecule has 0 saturated carbocycles. The molecule has 9 heavy (non-hydrogen) atoms. The third kappa shape index (κ3) is 1.09. The van der Waals surface area contributed by atoms with Crippen LogP contribution in [0.25, 0.3) is 0 Å². The monoisotopic (exact) mass is 124 g/mol. The molecule has 1 nitrogen and oxygen atoms in total. The van der Waals surface area contributed by atoms with Crippen LogP contribution in [0.15, 0.2) is 0 Å². The molecule has 1 aliphatic heterocycles. The van der Waals surface area contributed by atoms with Crippen LogP contribution in [0, 0.1) is 12.5 Å². The van der Waals surface area contributed by atoms with Crippen LogP contribution in [0.5, 0.6) is 0 Å². The van der Waals surface area contributed by atoms with Gasteiger partial charge < -0.3 is 0 Å². The van der Waals surface area contributed by atoms with Crippen molar-refractivity contribution in [2.45, 2.75) is 19.8 Å².